The van der Waals surface area contributed by atoms with Gasteiger partial charge in [-0.2, -0.15) is 4.99 Å². The predicted molar refractivity (Wildman–Crippen MR) is 65.3 cm³/mol. The smallest absolute Gasteiger partial charge is 0.434 e. The van der Waals surface area contributed by atoms with Crippen molar-refractivity contribution in [3.8, 4) is 0 Å². The van der Waals surface area contributed by atoms with Gasteiger partial charge >= 0.3 is 6.09 Å². The van der Waals surface area contributed by atoms with Crippen molar-refractivity contribution in [2.75, 3.05) is 0 Å². The van der Waals surface area contributed by atoms with E-state index < -0.39 is 11.7 Å². The van der Waals surface area contributed by atoms with Crippen molar-refractivity contribution in [2.24, 2.45) is 4.99 Å². The second kappa shape index (κ2) is 5.12. The summed E-state index contributed by atoms with van der Waals surface area (Å²) in [4.78, 5) is 14.9. The van der Waals surface area contributed by atoms with Gasteiger partial charge in [0.2, 0.25) is 0 Å². The van der Waals surface area contributed by atoms with Gasteiger partial charge in [0.15, 0.2) is 0 Å². The molecule has 3 nitrogen and oxygen atoms in total. The number of aliphatic imine (C=N–C) groups is 1. The molecule has 0 aromatic heterocycles. The third-order valence-electron chi connectivity index (χ3n) is 1.56. The molecule has 1 rings (SSSR count). The first kappa shape index (κ1) is 12.7. The van der Waals surface area contributed by atoms with Crippen LogP contribution in [0.5, 0.6) is 0 Å². The van der Waals surface area contributed by atoms with Crippen molar-refractivity contribution < 1.29 is 9.53 Å². The lowest BCUT2D eigenvalue weighted by Gasteiger charge is -2.17. The van der Waals surface area contributed by atoms with Crippen LogP contribution in [0.3, 0.4) is 0 Å². The quantitative estimate of drug-likeness (QED) is 0.701. The van der Waals surface area contributed by atoms with E-state index in [4.69, 9.17) is 16.3 Å². The Balaban J connectivity index is 2.64. The number of benzene rings is 1. The molecule has 16 heavy (non-hydrogen) atoms. The first-order valence-electron chi connectivity index (χ1n) is 4.89. The molecule has 1 aromatic carbocycles. The van der Waals surface area contributed by atoms with Crippen LogP contribution in [0.4, 0.5) is 4.79 Å². The average Bonchev–Trinajstić information content (AvgIpc) is 2.12. The maximum atomic E-state index is 11.3. The lowest BCUT2D eigenvalue weighted by Crippen LogP contribution is -2.21. The van der Waals surface area contributed by atoms with Gasteiger partial charge in [0.25, 0.3) is 0 Å². The molecule has 0 atom stereocenters. The summed E-state index contributed by atoms with van der Waals surface area (Å²) in [6.07, 6.45) is 0.826. The van der Waals surface area contributed by atoms with Gasteiger partial charge in [-0.3, -0.25) is 0 Å². The van der Waals surface area contributed by atoms with Crippen LogP contribution in [-0.4, -0.2) is 17.9 Å². The Morgan fingerprint density at radius 3 is 2.69 bits per heavy atom. The maximum Gasteiger partial charge on any atom is 0.434 e. The molecule has 0 aliphatic rings. The van der Waals surface area contributed by atoms with Crippen LogP contribution in [0.15, 0.2) is 29.3 Å². The van der Waals surface area contributed by atoms with Gasteiger partial charge in [0.1, 0.15) is 5.60 Å². The molecule has 1 aromatic rings. The summed E-state index contributed by atoms with van der Waals surface area (Å²) in [6.45, 7) is 5.37. The molecule has 0 saturated heterocycles. The Kier molecular flexibility index (Phi) is 4.07. The fraction of sp³-hybridized carbons (Fsp3) is 0.333. The van der Waals surface area contributed by atoms with Crippen LogP contribution in [0.2, 0.25) is 5.02 Å². The van der Waals surface area contributed by atoms with Crippen molar-refractivity contribution in [3.05, 3.63) is 34.9 Å². The lowest BCUT2D eigenvalue weighted by atomic mass is 10.2. The number of nitrogens with zero attached hydrogens (tertiary/aromatic N) is 1. The van der Waals surface area contributed by atoms with E-state index in [9.17, 15) is 4.79 Å². The maximum absolute atomic E-state index is 11.3. The highest BCUT2D eigenvalue weighted by atomic mass is 35.5. The van der Waals surface area contributed by atoms with Gasteiger partial charge in [-0.1, -0.05) is 23.7 Å². The minimum Gasteiger partial charge on any atom is -0.442 e. The number of amides is 1. The highest BCUT2D eigenvalue weighted by molar-refractivity contribution is 6.30. The molecule has 0 unspecified atom stereocenters. The second-order valence-corrected chi connectivity index (χ2v) is 4.73. The number of hydrogen-bond donors (Lipinski definition) is 0. The normalized spacial score (nSPS) is 11.8. The standard InChI is InChI=1S/C12H14ClNO2/c1-12(2,3)16-11(15)14-8-9-5-4-6-10(13)7-9/h4-8H,1-3H3/b14-8-. The number of carbonyl (C=O) groups is 1. The molecule has 1 amide bonds. The molecule has 86 valence electrons. The van der Waals surface area contributed by atoms with Crippen molar-refractivity contribution in [2.45, 2.75) is 26.4 Å². The van der Waals surface area contributed by atoms with E-state index in [0.717, 1.165) is 5.56 Å². The number of carbonyl (C=O) groups excluding carboxylic acids is 1. The first-order valence-corrected chi connectivity index (χ1v) is 5.27. The molecule has 0 saturated carbocycles. The number of ether oxygens (including phenoxy) is 1. The highest BCUT2D eigenvalue weighted by Crippen LogP contribution is 2.10. The van der Waals surface area contributed by atoms with E-state index >= 15 is 0 Å². The number of rotatable bonds is 1. The fourth-order valence-electron chi connectivity index (χ4n) is 1.00. The van der Waals surface area contributed by atoms with Crippen molar-refractivity contribution >= 4 is 23.9 Å². The van der Waals surface area contributed by atoms with Crippen LogP contribution < -0.4 is 0 Å². The van der Waals surface area contributed by atoms with Crippen LogP contribution in [-0.2, 0) is 4.74 Å². The Morgan fingerprint density at radius 1 is 1.44 bits per heavy atom. The molecule has 0 bridgehead atoms. The summed E-state index contributed by atoms with van der Waals surface area (Å²) in [5, 5.41) is 0.605. The summed E-state index contributed by atoms with van der Waals surface area (Å²) in [7, 11) is 0. The van der Waals surface area contributed by atoms with Gasteiger partial charge in [-0.05, 0) is 38.5 Å². The van der Waals surface area contributed by atoms with E-state index in [0.29, 0.717) is 5.02 Å². The molecular weight excluding hydrogens is 226 g/mol. The lowest BCUT2D eigenvalue weighted by molar-refractivity contribution is 0.0605. The number of halogens is 1. The first-order chi connectivity index (χ1) is 7.37. The molecule has 0 aliphatic carbocycles. The molecule has 0 spiro atoms. The zero-order valence-electron chi connectivity index (χ0n) is 9.53. The Labute approximate surface area is 100 Å². The van der Waals surface area contributed by atoms with E-state index in [1.165, 1.54) is 6.21 Å². The molecular formula is C12H14ClNO2. The molecule has 0 heterocycles. The minimum atomic E-state index is -0.604. The third kappa shape index (κ3) is 4.94. The third-order valence-corrected chi connectivity index (χ3v) is 1.80. The van der Waals surface area contributed by atoms with Gasteiger partial charge in [0, 0.05) is 11.2 Å². The van der Waals surface area contributed by atoms with Crippen molar-refractivity contribution in [1.82, 2.24) is 0 Å². The summed E-state index contributed by atoms with van der Waals surface area (Å²) in [6, 6.07) is 7.07. The molecule has 0 radical (unpaired) electrons. The van der Waals surface area contributed by atoms with Gasteiger partial charge in [-0.15, -0.1) is 0 Å². The summed E-state index contributed by atoms with van der Waals surface area (Å²) < 4.78 is 5.02. The summed E-state index contributed by atoms with van der Waals surface area (Å²) >= 11 is 5.79. The van der Waals surface area contributed by atoms with Gasteiger partial charge in [-0.25, -0.2) is 4.79 Å². The van der Waals surface area contributed by atoms with Crippen LogP contribution in [0.25, 0.3) is 0 Å². The monoisotopic (exact) mass is 239 g/mol. The van der Waals surface area contributed by atoms with Crippen LogP contribution in [0.1, 0.15) is 26.3 Å². The SMILES string of the molecule is CC(C)(C)OC(=O)/N=C\c1cccc(Cl)c1. The van der Waals surface area contributed by atoms with Crippen molar-refractivity contribution in [1.29, 1.82) is 0 Å². The van der Waals surface area contributed by atoms with E-state index in [1.807, 2.05) is 0 Å². The zero-order valence-corrected chi connectivity index (χ0v) is 10.3. The average molecular weight is 240 g/mol. The Bertz CT molecular complexity index is 408. The highest BCUT2D eigenvalue weighted by Gasteiger charge is 2.14. The summed E-state index contributed by atoms with van der Waals surface area (Å²) in [5.41, 5.74) is 0.237. The van der Waals surface area contributed by atoms with E-state index in [-0.39, 0.29) is 0 Å². The molecule has 0 fully saturated rings. The fourth-order valence-corrected chi connectivity index (χ4v) is 1.20. The van der Waals surface area contributed by atoms with Gasteiger partial charge < -0.3 is 4.74 Å². The molecule has 0 aliphatic heterocycles. The van der Waals surface area contributed by atoms with E-state index in [1.54, 1.807) is 45.0 Å². The second-order valence-electron chi connectivity index (χ2n) is 4.29. The largest absolute Gasteiger partial charge is 0.442 e. The summed E-state index contributed by atoms with van der Waals surface area (Å²) in [5.74, 6) is 0. The predicted octanol–water partition coefficient (Wildman–Crippen LogP) is 3.69. The molecule has 4 heteroatoms. The minimum absolute atomic E-state index is 0.525. The zero-order chi connectivity index (χ0) is 12.2. The Hall–Kier alpha value is -1.35. The number of hydrogen-bond acceptors (Lipinski definition) is 2. The van der Waals surface area contributed by atoms with Crippen LogP contribution >= 0.6 is 11.6 Å². The van der Waals surface area contributed by atoms with Crippen molar-refractivity contribution in [3.63, 3.8) is 0 Å². The van der Waals surface area contributed by atoms with E-state index in [2.05, 4.69) is 4.99 Å². The Morgan fingerprint density at radius 2 is 2.12 bits per heavy atom. The molecule has 0 N–H and O–H groups in total. The topological polar surface area (TPSA) is 38.7 Å². The van der Waals surface area contributed by atoms with Crippen LogP contribution in [0, 0.1) is 0 Å². The van der Waals surface area contributed by atoms with Gasteiger partial charge in [0.05, 0.1) is 0 Å².